The summed E-state index contributed by atoms with van der Waals surface area (Å²) in [5.41, 5.74) is 2.44. The Bertz CT molecular complexity index is 692. The minimum absolute atomic E-state index is 0.0537. The Morgan fingerprint density at radius 3 is 2.44 bits per heavy atom. The van der Waals surface area contributed by atoms with Gasteiger partial charge in [-0.25, -0.2) is 14.8 Å². The minimum atomic E-state index is -1.07. The molecule has 1 aliphatic heterocycles. The Hall–Kier alpha value is -2.47. The van der Waals surface area contributed by atoms with Crippen molar-refractivity contribution in [2.24, 2.45) is 5.92 Å². The predicted molar refractivity (Wildman–Crippen MR) is 96.4 cm³/mol. The number of likely N-dealkylation sites (tertiary alicyclic amines) is 1. The third-order valence-corrected chi connectivity index (χ3v) is 4.65. The minimum Gasteiger partial charge on any atom is -0.476 e. The SMILES string of the molecule is CC1CCN(Cc2ccc(CNc3cnc(C(=O)O)cn3)cc2)CC1. The number of nitrogens with zero attached hydrogens (tertiary/aromatic N) is 3. The predicted octanol–water partition coefficient (Wildman–Crippen LogP) is 3.02. The van der Waals surface area contributed by atoms with Crippen LogP contribution >= 0.6 is 0 Å². The maximum Gasteiger partial charge on any atom is 0.356 e. The maximum absolute atomic E-state index is 10.8. The molecule has 132 valence electrons. The highest BCUT2D eigenvalue weighted by atomic mass is 16.4. The highest BCUT2D eigenvalue weighted by Crippen LogP contribution is 2.18. The molecule has 0 aliphatic carbocycles. The lowest BCUT2D eigenvalue weighted by Crippen LogP contribution is -2.32. The molecule has 2 aromatic rings. The van der Waals surface area contributed by atoms with Gasteiger partial charge in [-0.15, -0.1) is 0 Å². The number of carboxylic acids is 1. The molecule has 25 heavy (non-hydrogen) atoms. The second-order valence-corrected chi connectivity index (χ2v) is 6.72. The largest absolute Gasteiger partial charge is 0.476 e. The lowest BCUT2D eigenvalue weighted by Gasteiger charge is -2.30. The molecule has 0 radical (unpaired) electrons. The fourth-order valence-corrected chi connectivity index (χ4v) is 2.96. The molecule has 1 aromatic heterocycles. The number of piperidine rings is 1. The van der Waals surface area contributed by atoms with E-state index in [1.807, 2.05) is 0 Å². The zero-order valence-corrected chi connectivity index (χ0v) is 14.5. The smallest absolute Gasteiger partial charge is 0.356 e. The molecule has 2 N–H and O–H groups in total. The summed E-state index contributed by atoms with van der Waals surface area (Å²) in [5, 5.41) is 12.0. The molecule has 0 amide bonds. The summed E-state index contributed by atoms with van der Waals surface area (Å²) in [7, 11) is 0. The summed E-state index contributed by atoms with van der Waals surface area (Å²) >= 11 is 0. The Labute approximate surface area is 147 Å². The van der Waals surface area contributed by atoms with Crippen molar-refractivity contribution >= 4 is 11.8 Å². The van der Waals surface area contributed by atoms with E-state index in [1.54, 1.807) is 0 Å². The van der Waals surface area contributed by atoms with Crippen molar-refractivity contribution in [3.05, 3.63) is 53.5 Å². The van der Waals surface area contributed by atoms with Crippen molar-refractivity contribution in [1.29, 1.82) is 0 Å². The summed E-state index contributed by atoms with van der Waals surface area (Å²) in [5.74, 6) is 0.353. The van der Waals surface area contributed by atoms with Gasteiger partial charge in [-0.2, -0.15) is 0 Å². The third-order valence-electron chi connectivity index (χ3n) is 4.65. The first-order valence-electron chi connectivity index (χ1n) is 8.69. The standard InChI is InChI=1S/C19H24N4O2/c1-14-6-8-23(9-7-14)13-16-4-2-15(3-5-16)10-21-18-12-20-17(11-22-18)19(24)25/h2-5,11-12,14H,6-10,13H2,1H3,(H,21,22)(H,24,25). The van der Waals surface area contributed by atoms with Crippen LogP contribution in [0.5, 0.6) is 0 Å². The molecule has 1 saturated heterocycles. The van der Waals surface area contributed by atoms with Crippen LogP contribution in [0.15, 0.2) is 36.7 Å². The Kier molecular flexibility index (Phi) is 5.60. The molecule has 3 rings (SSSR count). The van der Waals surface area contributed by atoms with Crippen molar-refractivity contribution in [3.63, 3.8) is 0 Å². The van der Waals surface area contributed by atoms with Crippen molar-refractivity contribution in [2.75, 3.05) is 18.4 Å². The van der Waals surface area contributed by atoms with Crippen LogP contribution in [-0.2, 0) is 13.1 Å². The van der Waals surface area contributed by atoms with Crippen molar-refractivity contribution in [3.8, 4) is 0 Å². The molecular weight excluding hydrogens is 316 g/mol. The van der Waals surface area contributed by atoms with E-state index in [2.05, 4.69) is 51.4 Å². The molecule has 6 nitrogen and oxygen atoms in total. The maximum atomic E-state index is 10.8. The molecule has 1 aromatic carbocycles. The fraction of sp³-hybridized carbons (Fsp3) is 0.421. The van der Waals surface area contributed by atoms with Crippen molar-refractivity contribution < 1.29 is 9.90 Å². The number of benzene rings is 1. The first-order chi connectivity index (χ1) is 12.1. The number of aromatic nitrogens is 2. The number of rotatable bonds is 6. The molecule has 2 heterocycles. The van der Waals surface area contributed by atoms with E-state index < -0.39 is 5.97 Å². The van der Waals surface area contributed by atoms with E-state index in [-0.39, 0.29) is 5.69 Å². The number of hydrogen-bond acceptors (Lipinski definition) is 5. The first-order valence-corrected chi connectivity index (χ1v) is 8.69. The first kappa shape index (κ1) is 17.4. The van der Waals surface area contributed by atoms with Gasteiger partial charge in [0.25, 0.3) is 0 Å². The van der Waals surface area contributed by atoms with Crippen molar-refractivity contribution in [1.82, 2.24) is 14.9 Å². The van der Waals surface area contributed by atoms with Gasteiger partial charge in [-0.1, -0.05) is 31.2 Å². The Morgan fingerprint density at radius 1 is 1.16 bits per heavy atom. The van der Waals surface area contributed by atoms with Gasteiger partial charge in [0.15, 0.2) is 5.69 Å². The summed E-state index contributed by atoms with van der Waals surface area (Å²) in [6, 6.07) is 8.59. The van der Waals surface area contributed by atoms with Gasteiger partial charge in [0, 0.05) is 13.1 Å². The number of hydrogen-bond donors (Lipinski definition) is 2. The summed E-state index contributed by atoms with van der Waals surface area (Å²) in [6.45, 7) is 6.36. The van der Waals surface area contributed by atoms with Gasteiger partial charge >= 0.3 is 5.97 Å². The molecule has 6 heteroatoms. The summed E-state index contributed by atoms with van der Waals surface area (Å²) in [6.07, 6.45) is 5.29. The number of anilines is 1. The molecule has 0 saturated carbocycles. The average molecular weight is 340 g/mol. The zero-order chi connectivity index (χ0) is 17.6. The van der Waals surface area contributed by atoms with Gasteiger partial charge in [0.2, 0.25) is 0 Å². The van der Waals surface area contributed by atoms with E-state index in [4.69, 9.17) is 5.11 Å². The monoisotopic (exact) mass is 340 g/mol. The average Bonchev–Trinajstić information content (AvgIpc) is 2.63. The summed E-state index contributed by atoms with van der Waals surface area (Å²) in [4.78, 5) is 21.2. The topological polar surface area (TPSA) is 78.4 Å². The van der Waals surface area contributed by atoms with Crippen LogP contribution in [0.4, 0.5) is 5.82 Å². The van der Waals surface area contributed by atoms with Gasteiger partial charge in [-0.3, -0.25) is 4.90 Å². The second-order valence-electron chi connectivity index (χ2n) is 6.72. The van der Waals surface area contributed by atoms with Crippen molar-refractivity contribution in [2.45, 2.75) is 32.9 Å². The normalized spacial score (nSPS) is 15.9. The molecule has 0 spiro atoms. The highest BCUT2D eigenvalue weighted by molar-refractivity contribution is 5.84. The van der Waals surface area contributed by atoms with Crippen LogP contribution in [-0.4, -0.2) is 39.0 Å². The van der Waals surface area contributed by atoms with Crippen LogP contribution in [0.25, 0.3) is 0 Å². The van der Waals surface area contributed by atoms with Gasteiger partial charge in [-0.05, 0) is 43.0 Å². The number of carboxylic acid groups (broad SMARTS) is 1. The highest BCUT2D eigenvalue weighted by Gasteiger charge is 2.15. The van der Waals surface area contributed by atoms with Crippen LogP contribution in [0, 0.1) is 5.92 Å². The quantitative estimate of drug-likeness (QED) is 0.841. The molecule has 1 fully saturated rings. The van der Waals surface area contributed by atoms with E-state index >= 15 is 0 Å². The van der Waals surface area contributed by atoms with Gasteiger partial charge < -0.3 is 10.4 Å². The van der Waals surface area contributed by atoms with E-state index in [1.165, 1.54) is 43.9 Å². The third kappa shape index (κ3) is 5.00. The van der Waals surface area contributed by atoms with Crippen LogP contribution < -0.4 is 5.32 Å². The summed E-state index contributed by atoms with van der Waals surface area (Å²) < 4.78 is 0. The van der Waals surface area contributed by atoms with E-state index in [9.17, 15) is 4.79 Å². The molecular formula is C19H24N4O2. The Morgan fingerprint density at radius 2 is 1.84 bits per heavy atom. The van der Waals surface area contributed by atoms with Gasteiger partial charge in [0.1, 0.15) is 5.82 Å². The van der Waals surface area contributed by atoms with E-state index in [0.29, 0.717) is 12.4 Å². The fourth-order valence-electron chi connectivity index (χ4n) is 2.96. The van der Waals surface area contributed by atoms with Gasteiger partial charge in [0.05, 0.1) is 12.4 Å². The Balaban J connectivity index is 1.49. The molecule has 0 atom stereocenters. The number of nitrogens with one attached hydrogen (secondary N) is 1. The number of aromatic carboxylic acids is 1. The van der Waals surface area contributed by atoms with Crippen LogP contribution in [0.1, 0.15) is 41.4 Å². The lowest BCUT2D eigenvalue weighted by molar-refractivity contribution is 0.0690. The molecule has 1 aliphatic rings. The molecule has 0 unspecified atom stereocenters. The van der Waals surface area contributed by atoms with Crippen LogP contribution in [0.3, 0.4) is 0 Å². The molecule has 0 bridgehead atoms. The zero-order valence-electron chi connectivity index (χ0n) is 14.5. The van der Waals surface area contributed by atoms with E-state index in [0.717, 1.165) is 18.0 Å². The second kappa shape index (κ2) is 8.07. The number of carbonyl (C=O) groups is 1. The van der Waals surface area contributed by atoms with Crippen LogP contribution in [0.2, 0.25) is 0 Å². The lowest BCUT2D eigenvalue weighted by atomic mass is 9.99.